The van der Waals surface area contributed by atoms with Gasteiger partial charge in [-0.2, -0.15) is 0 Å². The molecular weight excluding hydrogens is 404 g/mol. The minimum atomic E-state index is -0.597. The molecule has 4 nitrogen and oxygen atoms in total. The molecule has 1 heterocycles. The van der Waals surface area contributed by atoms with E-state index in [-0.39, 0.29) is 6.04 Å². The van der Waals surface area contributed by atoms with E-state index >= 15 is 0 Å². The molecule has 0 saturated carbocycles. The van der Waals surface area contributed by atoms with Crippen molar-refractivity contribution in [2.45, 2.75) is 18.5 Å². The van der Waals surface area contributed by atoms with Crippen molar-refractivity contribution in [1.29, 1.82) is 0 Å². The molecule has 0 saturated heterocycles. The van der Waals surface area contributed by atoms with Gasteiger partial charge in [0.05, 0.1) is 18.7 Å². The van der Waals surface area contributed by atoms with Crippen LogP contribution < -0.4 is 5.32 Å². The maximum Gasteiger partial charge on any atom is 0.357 e. The van der Waals surface area contributed by atoms with Crippen LogP contribution in [0.4, 0.5) is 0 Å². The highest BCUT2D eigenvalue weighted by molar-refractivity contribution is 7.09. The van der Waals surface area contributed by atoms with Gasteiger partial charge in [0, 0.05) is 5.38 Å². The summed E-state index contributed by atoms with van der Waals surface area (Å²) >= 11 is 1.45. The lowest BCUT2D eigenvalue weighted by atomic mass is 9.76. The fourth-order valence-corrected chi connectivity index (χ4v) is 4.68. The lowest BCUT2D eigenvalue weighted by molar-refractivity contribution is 0.0594. The van der Waals surface area contributed by atoms with E-state index in [1.165, 1.54) is 18.4 Å². The first-order valence-electron chi connectivity index (χ1n) is 10.1. The summed E-state index contributed by atoms with van der Waals surface area (Å²) in [5, 5.41) is 6.43. The molecule has 0 radical (unpaired) electrons. The maximum atomic E-state index is 11.9. The lowest BCUT2D eigenvalue weighted by Crippen LogP contribution is -2.45. The Bertz CT molecular complexity index is 1030. The highest BCUT2D eigenvalue weighted by atomic mass is 32.1. The Labute approximate surface area is 186 Å². The Balaban J connectivity index is 1.86. The zero-order valence-corrected chi connectivity index (χ0v) is 18.3. The number of carbonyl (C=O) groups is 1. The molecule has 3 aromatic carbocycles. The number of benzene rings is 3. The van der Waals surface area contributed by atoms with Crippen molar-refractivity contribution < 1.29 is 9.53 Å². The third-order valence-electron chi connectivity index (χ3n) is 5.34. The van der Waals surface area contributed by atoms with Gasteiger partial charge in [-0.15, -0.1) is 11.3 Å². The van der Waals surface area contributed by atoms with Crippen molar-refractivity contribution in [3.8, 4) is 0 Å². The molecule has 1 N–H and O–H groups in total. The van der Waals surface area contributed by atoms with Gasteiger partial charge >= 0.3 is 5.97 Å². The Hall–Kier alpha value is -3.28. The van der Waals surface area contributed by atoms with Gasteiger partial charge in [-0.1, -0.05) is 91.0 Å². The van der Waals surface area contributed by atoms with E-state index < -0.39 is 11.5 Å². The molecule has 0 aliphatic heterocycles. The third kappa shape index (κ3) is 4.15. The Morgan fingerprint density at radius 2 is 1.32 bits per heavy atom. The summed E-state index contributed by atoms with van der Waals surface area (Å²) in [5.74, 6) is -0.421. The number of nitrogens with zero attached hydrogens (tertiary/aromatic N) is 1. The van der Waals surface area contributed by atoms with Crippen LogP contribution in [0, 0.1) is 0 Å². The number of nitrogens with one attached hydrogen (secondary N) is 1. The fraction of sp³-hybridized carbons (Fsp3) is 0.154. The van der Waals surface area contributed by atoms with Gasteiger partial charge in [-0.3, -0.25) is 5.32 Å². The number of rotatable bonds is 7. The number of carbonyl (C=O) groups excluding carboxylic acids is 1. The molecule has 1 unspecified atom stereocenters. The molecule has 0 bridgehead atoms. The zero-order valence-electron chi connectivity index (χ0n) is 17.5. The first-order valence-corrected chi connectivity index (χ1v) is 11.0. The highest BCUT2D eigenvalue weighted by Crippen LogP contribution is 2.39. The van der Waals surface area contributed by atoms with E-state index in [9.17, 15) is 4.79 Å². The van der Waals surface area contributed by atoms with Crippen LogP contribution in [-0.2, 0) is 10.3 Å². The topological polar surface area (TPSA) is 51.2 Å². The Kier molecular flexibility index (Phi) is 6.26. The number of ether oxygens (including phenoxy) is 1. The Morgan fingerprint density at radius 3 is 1.74 bits per heavy atom. The summed E-state index contributed by atoms with van der Waals surface area (Å²) in [7, 11) is 1.37. The summed E-state index contributed by atoms with van der Waals surface area (Å²) in [5.41, 5.74) is 3.12. The van der Waals surface area contributed by atoms with Crippen LogP contribution in [0.2, 0.25) is 0 Å². The Morgan fingerprint density at radius 1 is 0.871 bits per heavy atom. The number of thiazole rings is 1. The van der Waals surface area contributed by atoms with Gasteiger partial charge in [-0.25, -0.2) is 9.78 Å². The van der Waals surface area contributed by atoms with Crippen molar-refractivity contribution in [2.75, 3.05) is 7.11 Å². The van der Waals surface area contributed by atoms with E-state index in [0.29, 0.717) is 5.69 Å². The van der Waals surface area contributed by atoms with Gasteiger partial charge in [0.15, 0.2) is 5.69 Å². The molecule has 0 spiro atoms. The van der Waals surface area contributed by atoms with Crippen LogP contribution in [0.1, 0.15) is 45.2 Å². The first-order chi connectivity index (χ1) is 15.1. The number of hydrogen-bond acceptors (Lipinski definition) is 5. The smallest absolute Gasteiger partial charge is 0.357 e. The van der Waals surface area contributed by atoms with Crippen molar-refractivity contribution in [3.05, 3.63) is 124 Å². The second-order valence-corrected chi connectivity index (χ2v) is 8.17. The number of esters is 1. The summed E-state index contributed by atoms with van der Waals surface area (Å²) in [6.07, 6.45) is 0. The van der Waals surface area contributed by atoms with Crippen molar-refractivity contribution >= 4 is 17.3 Å². The van der Waals surface area contributed by atoms with Gasteiger partial charge in [-0.05, 0) is 23.6 Å². The molecule has 5 heteroatoms. The summed E-state index contributed by atoms with van der Waals surface area (Å²) < 4.78 is 4.82. The van der Waals surface area contributed by atoms with Crippen LogP contribution in [0.5, 0.6) is 0 Å². The van der Waals surface area contributed by atoms with Crippen LogP contribution >= 0.6 is 11.3 Å². The summed E-state index contributed by atoms with van der Waals surface area (Å²) in [6.45, 7) is 2.07. The maximum absolute atomic E-state index is 11.9. The molecule has 31 heavy (non-hydrogen) atoms. The highest BCUT2D eigenvalue weighted by Gasteiger charge is 2.38. The number of hydrogen-bond donors (Lipinski definition) is 1. The van der Waals surface area contributed by atoms with Gasteiger partial charge in [0.2, 0.25) is 0 Å². The third-order valence-corrected chi connectivity index (χ3v) is 6.37. The van der Waals surface area contributed by atoms with Crippen LogP contribution in [0.25, 0.3) is 0 Å². The predicted molar refractivity (Wildman–Crippen MR) is 124 cm³/mol. The van der Waals surface area contributed by atoms with Crippen molar-refractivity contribution in [2.24, 2.45) is 0 Å². The minimum absolute atomic E-state index is 0.121. The molecular formula is C26H24N2O2S. The molecule has 156 valence electrons. The average molecular weight is 429 g/mol. The average Bonchev–Trinajstić information content (AvgIpc) is 3.34. The van der Waals surface area contributed by atoms with E-state index in [2.05, 4.69) is 90.0 Å². The van der Waals surface area contributed by atoms with E-state index in [1.807, 2.05) is 18.2 Å². The second-order valence-electron chi connectivity index (χ2n) is 7.28. The number of methoxy groups -OCH3 is 1. The normalized spacial score (nSPS) is 12.3. The van der Waals surface area contributed by atoms with Crippen LogP contribution in [0.15, 0.2) is 96.4 Å². The van der Waals surface area contributed by atoms with Crippen molar-refractivity contribution in [1.82, 2.24) is 10.3 Å². The zero-order chi connectivity index (χ0) is 21.7. The number of aromatic nitrogens is 1. The van der Waals surface area contributed by atoms with E-state index in [0.717, 1.165) is 21.7 Å². The lowest BCUT2D eigenvalue weighted by Gasteiger charge is -2.39. The fourth-order valence-electron chi connectivity index (χ4n) is 3.89. The van der Waals surface area contributed by atoms with Gasteiger partial charge < -0.3 is 4.74 Å². The molecule has 4 rings (SSSR count). The standard InChI is InChI=1S/C26H24N2O2S/c1-19(24-27-23(18-31-24)25(29)30-2)28-26(20-12-6-3-7-13-20,21-14-8-4-9-15-21)22-16-10-5-11-17-22/h3-19,28H,1-2H3. The van der Waals surface area contributed by atoms with Gasteiger partial charge in [0.1, 0.15) is 5.01 Å². The molecule has 0 amide bonds. The molecule has 0 fully saturated rings. The van der Waals surface area contributed by atoms with Gasteiger partial charge in [0.25, 0.3) is 0 Å². The molecule has 0 aliphatic carbocycles. The predicted octanol–water partition coefficient (Wildman–Crippen LogP) is 5.57. The van der Waals surface area contributed by atoms with E-state index in [4.69, 9.17) is 4.74 Å². The SMILES string of the molecule is COC(=O)c1csc(C(C)NC(c2ccccc2)(c2ccccc2)c2ccccc2)n1. The van der Waals surface area contributed by atoms with E-state index in [1.54, 1.807) is 5.38 Å². The quantitative estimate of drug-likeness (QED) is 0.309. The van der Waals surface area contributed by atoms with Crippen molar-refractivity contribution in [3.63, 3.8) is 0 Å². The first kappa shape index (κ1) is 21.0. The minimum Gasteiger partial charge on any atom is -0.464 e. The second kappa shape index (κ2) is 9.25. The molecule has 1 aromatic heterocycles. The summed E-state index contributed by atoms with van der Waals surface area (Å²) in [4.78, 5) is 16.4. The monoisotopic (exact) mass is 428 g/mol. The van der Waals surface area contributed by atoms with Crippen LogP contribution in [-0.4, -0.2) is 18.1 Å². The molecule has 1 atom stereocenters. The molecule has 4 aromatic rings. The van der Waals surface area contributed by atoms with Crippen LogP contribution in [0.3, 0.4) is 0 Å². The largest absolute Gasteiger partial charge is 0.464 e. The molecule has 0 aliphatic rings. The summed E-state index contributed by atoms with van der Waals surface area (Å²) in [6, 6.07) is 31.1.